The van der Waals surface area contributed by atoms with Gasteiger partial charge in [0.05, 0.1) is 0 Å². The first-order valence-electron chi connectivity index (χ1n) is 5.96. The predicted molar refractivity (Wildman–Crippen MR) is 68.3 cm³/mol. The van der Waals surface area contributed by atoms with Gasteiger partial charge in [-0.2, -0.15) is 0 Å². The lowest BCUT2D eigenvalue weighted by Gasteiger charge is -2.32. The van der Waals surface area contributed by atoms with Crippen molar-refractivity contribution in [2.75, 3.05) is 0 Å². The maximum Gasteiger partial charge on any atom is 0.217 e. The van der Waals surface area contributed by atoms with E-state index < -0.39 is 5.54 Å². The Morgan fingerprint density at radius 3 is 2.89 bits per heavy atom. The fraction of sp³-hybridized carbons (Fsp3) is 0.286. The number of aldehydes is 1. The Labute approximate surface area is 104 Å². The van der Waals surface area contributed by atoms with Crippen LogP contribution in [0.1, 0.15) is 18.1 Å². The molecule has 0 saturated carbocycles. The van der Waals surface area contributed by atoms with Crippen molar-refractivity contribution < 1.29 is 9.59 Å². The quantitative estimate of drug-likeness (QED) is 0.781. The van der Waals surface area contributed by atoms with Gasteiger partial charge in [0.15, 0.2) is 0 Å². The monoisotopic (exact) mass is 242 g/mol. The van der Waals surface area contributed by atoms with Crippen LogP contribution in [0.25, 0.3) is 10.9 Å². The van der Waals surface area contributed by atoms with Crippen LogP contribution in [0.15, 0.2) is 24.4 Å². The Bertz CT molecular complexity index is 644. The molecule has 0 radical (unpaired) electrons. The number of aromatic amines is 1. The van der Waals surface area contributed by atoms with Gasteiger partial charge in [0, 0.05) is 36.9 Å². The lowest BCUT2D eigenvalue weighted by Crippen LogP contribution is -2.53. The van der Waals surface area contributed by atoms with E-state index in [1.165, 1.54) is 12.3 Å². The minimum Gasteiger partial charge on any atom is -0.361 e. The Hall–Kier alpha value is -2.10. The minimum atomic E-state index is -0.796. The highest BCUT2D eigenvalue weighted by Crippen LogP contribution is 2.33. The third kappa shape index (κ3) is 1.53. The van der Waals surface area contributed by atoms with Crippen LogP contribution in [-0.4, -0.2) is 22.7 Å². The first-order chi connectivity index (χ1) is 8.63. The molecule has 0 spiro atoms. The van der Waals surface area contributed by atoms with Gasteiger partial charge in [-0.3, -0.25) is 4.79 Å². The van der Waals surface area contributed by atoms with Gasteiger partial charge in [-0.05, 0) is 17.2 Å². The molecule has 4 nitrogen and oxygen atoms in total. The van der Waals surface area contributed by atoms with Gasteiger partial charge < -0.3 is 15.1 Å². The molecule has 1 aromatic carbocycles. The molecule has 0 bridgehead atoms. The van der Waals surface area contributed by atoms with E-state index in [1.807, 2.05) is 24.4 Å². The third-order valence-corrected chi connectivity index (χ3v) is 3.54. The predicted octanol–water partition coefficient (Wildman–Crippen LogP) is 1.34. The van der Waals surface area contributed by atoms with Gasteiger partial charge in [0.2, 0.25) is 5.91 Å². The van der Waals surface area contributed by atoms with E-state index in [9.17, 15) is 9.59 Å². The van der Waals surface area contributed by atoms with E-state index >= 15 is 0 Å². The van der Waals surface area contributed by atoms with E-state index in [4.69, 9.17) is 0 Å². The van der Waals surface area contributed by atoms with E-state index in [2.05, 4.69) is 10.3 Å². The molecular formula is C14H14N2O2. The fourth-order valence-corrected chi connectivity index (χ4v) is 2.92. The molecule has 2 aromatic rings. The van der Waals surface area contributed by atoms with Crippen LogP contribution in [0.5, 0.6) is 0 Å². The summed E-state index contributed by atoms with van der Waals surface area (Å²) in [6.07, 6.45) is 3.89. The van der Waals surface area contributed by atoms with Crippen molar-refractivity contribution in [2.45, 2.75) is 25.3 Å². The van der Waals surface area contributed by atoms with Gasteiger partial charge in [-0.25, -0.2) is 0 Å². The summed E-state index contributed by atoms with van der Waals surface area (Å²) < 4.78 is 0. The molecular weight excluding hydrogens is 228 g/mol. The summed E-state index contributed by atoms with van der Waals surface area (Å²) in [4.78, 5) is 25.9. The first-order valence-corrected chi connectivity index (χ1v) is 5.96. The van der Waals surface area contributed by atoms with Crippen molar-refractivity contribution in [3.8, 4) is 0 Å². The van der Waals surface area contributed by atoms with Crippen LogP contribution in [0, 0.1) is 0 Å². The molecule has 1 aliphatic carbocycles. The fourth-order valence-electron chi connectivity index (χ4n) is 2.92. The zero-order valence-corrected chi connectivity index (χ0v) is 10.1. The van der Waals surface area contributed by atoms with E-state index in [-0.39, 0.29) is 5.91 Å². The van der Waals surface area contributed by atoms with E-state index in [0.29, 0.717) is 12.8 Å². The first kappa shape index (κ1) is 11.0. The molecule has 1 aliphatic rings. The lowest BCUT2D eigenvalue weighted by atomic mass is 9.79. The Kier molecular flexibility index (Phi) is 2.26. The number of benzene rings is 1. The summed E-state index contributed by atoms with van der Waals surface area (Å²) in [5.41, 5.74) is 2.49. The second-order valence-electron chi connectivity index (χ2n) is 4.96. The van der Waals surface area contributed by atoms with Gasteiger partial charge in [-0.1, -0.05) is 12.1 Å². The summed E-state index contributed by atoms with van der Waals surface area (Å²) in [6, 6.07) is 6.00. The zero-order chi connectivity index (χ0) is 12.8. The Balaban J connectivity index is 2.12. The number of nitrogens with one attached hydrogen (secondary N) is 2. The summed E-state index contributed by atoms with van der Waals surface area (Å²) in [5, 5.41) is 3.99. The third-order valence-electron chi connectivity index (χ3n) is 3.54. The zero-order valence-electron chi connectivity index (χ0n) is 10.1. The highest BCUT2D eigenvalue weighted by Gasteiger charge is 2.36. The number of carbonyl (C=O) groups excluding carboxylic acids is 2. The molecule has 0 saturated heterocycles. The summed E-state index contributed by atoms with van der Waals surface area (Å²) in [5.74, 6) is -0.173. The molecule has 1 unspecified atom stereocenters. The van der Waals surface area contributed by atoms with Gasteiger partial charge in [0.25, 0.3) is 0 Å². The average Bonchev–Trinajstić information content (AvgIpc) is 2.73. The van der Waals surface area contributed by atoms with Crippen molar-refractivity contribution in [1.29, 1.82) is 0 Å². The van der Waals surface area contributed by atoms with Gasteiger partial charge in [-0.15, -0.1) is 0 Å². The molecule has 1 aromatic heterocycles. The molecule has 1 heterocycles. The SMILES string of the molecule is CC(=O)NC1(C=O)Cc2cccc3[nH]cc(c23)C1. The number of aromatic nitrogens is 1. The molecule has 1 amide bonds. The second-order valence-corrected chi connectivity index (χ2v) is 4.96. The summed E-state index contributed by atoms with van der Waals surface area (Å²) >= 11 is 0. The molecule has 92 valence electrons. The summed E-state index contributed by atoms with van der Waals surface area (Å²) in [7, 11) is 0. The maximum absolute atomic E-state index is 11.4. The lowest BCUT2D eigenvalue weighted by molar-refractivity contribution is -0.125. The Morgan fingerprint density at radius 2 is 2.17 bits per heavy atom. The van der Waals surface area contributed by atoms with Crippen LogP contribution in [0.4, 0.5) is 0 Å². The van der Waals surface area contributed by atoms with E-state index in [1.54, 1.807) is 0 Å². The average molecular weight is 242 g/mol. The molecule has 1 atom stereocenters. The van der Waals surface area contributed by atoms with E-state index in [0.717, 1.165) is 22.9 Å². The van der Waals surface area contributed by atoms with Crippen molar-refractivity contribution in [2.24, 2.45) is 0 Å². The molecule has 18 heavy (non-hydrogen) atoms. The van der Waals surface area contributed by atoms with Crippen molar-refractivity contribution in [3.63, 3.8) is 0 Å². The van der Waals surface area contributed by atoms with Crippen molar-refractivity contribution in [3.05, 3.63) is 35.5 Å². The molecule has 0 fully saturated rings. The van der Waals surface area contributed by atoms with Crippen LogP contribution < -0.4 is 5.32 Å². The van der Waals surface area contributed by atoms with Gasteiger partial charge in [0.1, 0.15) is 11.8 Å². The number of amides is 1. The van der Waals surface area contributed by atoms with Crippen LogP contribution in [0.3, 0.4) is 0 Å². The standard InChI is InChI=1S/C14H14N2O2/c1-9(18)16-14(8-17)5-10-3-2-4-12-13(10)11(6-14)7-15-12/h2-4,7-8,15H,5-6H2,1H3,(H,16,18). The number of rotatable bonds is 2. The molecule has 4 heteroatoms. The minimum absolute atomic E-state index is 0.173. The van der Waals surface area contributed by atoms with Crippen molar-refractivity contribution in [1.82, 2.24) is 10.3 Å². The Morgan fingerprint density at radius 1 is 1.39 bits per heavy atom. The largest absolute Gasteiger partial charge is 0.361 e. The highest BCUT2D eigenvalue weighted by atomic mass is 16.2. The molecule has 3 rings (SSSR count). The molecule has 2 N–H and O–H groups in total. The van der Waals surface area contributed by atoms with Crippen LogP contribution in [0.2, 0.25) is 0 Å². The van der Waals surface area contributed by atoms with Crippen LogP contribution in [-0.2, 0) is 22.4 Å². The maximum atomic E-state index is 11.4. The number of hydrogen-bond acceptors (Lipinski definition) is 2. The smallest absolute Gasteiger partial charge is 0.217 e. The second kappa shape index (κ2) is 3.70. The van der Waals surface area contributed by atoms with Crippen LogP contribution >= 0.6 is 0 Å². The number of hydrogen-bond donors (Lipinski definition) is 2. The topological polar surface area (TPSA) is 62.0 Å². The number of H-pyrrole nitrogens is 1. The van der Waals surface area contributed by atoms with Gasteiger partial charge >= 0.3 is 0 Å². The summed E-state index contributed by atoms with van der Waals surface area (Å²) in [6.45, 7) is 1.44. The number of carbonyl (C=O) groups is 2. The van der Waals surface area contributed by atoms with Crippen molar-refractivity contribution >= 4 is 23.1 Å². The molecule has 0 aliphatic heterocycles. The highest BCUT2D eigenvalue weighted by molar-refractivity contribution is 5.91. The normalized spacial score (nSPS) is 21.8.